The number of amides is 1. The van der Waals surface area contributed by atoms with E-state index in [0.29, 0.717) is 12.1 Å². The number of hydrogen-bond donors (Lipinski definition) is 2. The van der Waals surface area contributed by atoms with Crippen molar-refractivity contribution in [2.75, 3.05) is 23.9 Å². The van der Waals surface area contributed by atoms with Gasteiger partial charge in [0, 0.05) is 23.0 Å². The first kappa shape index (κ1) is 19.8. The minimum Gasteiger partial charge on any atom is -0.497 e. The minimum absolute atomic E-state index is 0.00510. The molecule has 0 saturated carbocycles. The largest absolute Gasteiger partial charge is 0.497 e. The van der Waals surface area contributed by atoms with Gasteiger partial charge in [-0.3, -0.25) is 9.79 Å². The number of nitrogens with one attached hydrogen (secondary N) is 2. The molecule has 2 atom stereocenters. The lowest BCUT2D eigenvalue weighted by Gasteiger charge is -2.09. The molecule has 9 heteroatoms. The van der Waals surface area contributed by atoms with Crippen LogP contribution in [0.2, 0.25) is 0 Å². The number of nitrogens with zero attached hydrogens (tertiary/aromatic N) is 1. The van der Waals surface area contributed by atoms with E-state index in [4.69, 9.17) is 4.74 Å². The Labute approximate surface area is 173 Å². The highest BCUT2D eigenvalue weighted by atomic mass is 32.2. The van der Waals surface area contributed by atoms with Crippen molar-refractivity contribution in [2.45, 2.75) is 17.8 Å². The Morgan fingerprint density at radius 3 is 2.52 bits per heavy atom. The fourth-order valence-electron chi connectivity index (χ4n) is 3.27. The molecule has 0 unspecified atom stereocenters. The van der Waals surface area contributed by atoms with Gasteiger partial charge < -0.3 is 15.4 Å². The van der Waals surface area contributed by atoms with Gasteiger partial charge in [0.15, 0.2) is 15.0 Å². The van der Waals surface area contributed by atoms with Crippen molar-refractivity contribution in [3.63, 3.8) is 0 Å². The molecule has 0 aliphatic carbocycles. The lowest BCUT2D eigenvalue weighted by molar-refractivity contribution is 0.0951. The van der Waals surface area contributed by atoms with Gasteiger partial charge in [-0.15, -0.1) is 0 Å². The number of fused-ring (bicyclic) bond motifs is 1. The molecule has 2 aromatic rings. The number of anilines is 1. The SMILES string of the molecule is COc1ccc(CNC(=O)c2ccc(NC3=N[C@H]4CS(=O)(=O)C[C@@H]4S3)cc2)cc1. The molecule has 29 heavy (non-hydrogen) atoms. The number of sulfone groups is 1. The predicted molar refractivity (Wildman–Crippen MR) is 115 cm³/mol. The molecule has 2 aliphatic rings. The molecule has 152 valence electrons. The van der Waals surface area contributed by atoms with Crippen LogP contribution in [0, 0.1) is 0 Å². The van der Waals surface area contributed by atoms with Gasteiger partial charge in [0.25, 0.3) is 5.91 Å². The number of methoxy groups -OCH3 is 1. The Hall–Kier alpha value is -2.52. The number of carbonyl (C=O) groups is 1. The summed E-state index contributed by atoms with van der Waals surface area (Å²) in [5.41, 5.74) is 2.36. The summed E-state index contributed by atoms with van der Waals surface area (Å²) in [7, 11) is -1.34. The maximum atomic E-state index is 12.3. The van der Waals surface area contributed by atoms with Crippen LogP contribution in [0.3, 0.4) is 0 Å². The number of aliphatic imine (C=N–C) groups is 1. The van der Waals surface area contributed by atoms with Crippen molar-refractivity contribution >= 4 is 38.4 Å². The second-order valence-electron chi connectivity index (χ2n) is 6.97. The number of benzene rings is 2. The smallest absolute Gasteiger partial charge is 0.251 e. The van der Waals surface area contributed by atoms with Gasteiger partial charge in [-0.25, -0.2) is 8.42 Å². The molecule has 0 radical (unpaired) electrons. The van der Waals surface area contributed by atoms with Crippen LogP contribution in [0.25, 0.3) is 0 Å². The van der Waals surface area contributed by atoms with Crippen LogP contribution in [-0.4, -0.2) is 49.4 Å². The molecule has 7 nitrogen and oxygen atoms in total. The summed E-state index contributed by atoms with van der Waals surface area (Å²) >= 11 is 1.47. The van der Waals surface area contributed by atoms with Gasteiger partial charge in [0.2, 0.25) is 0 Å². The van der Waals surface area contributed by atoms with E-state index in [1.165, 1.54) is 11.8 Å². The van der Waals surface area contributed by atoms with Gasteiger partial charge in [-0.2, -0.15) is 0 Å². The minimum atomic E-state index is -2.95. The van der Waals surface area contributed by atoms with Crippen molar-refractivity contribution < 1.29 is 17.9 Å². The summed E-state index contributed by atoms with van der Waals surface area (Å²) in [6, 6.07) is 14.5. The second kappa shape index (κ2) is 8.08. The van der Waals surface area contributed by atoms with Crippen molar-refractivity contribution in [1.29, 1.82) is 0 Å². The average Bonchev–Trinajstić information content (AvgIpc) is 3.19. The third-order valence-electron chi connectivity index (χ3n) is 4.83. The number of carbonyl (C=O) groups excluding carboxylic acids is 1. The number of rotatable bonds is 5. The van der Waals surface area contributed by atoms with Crippen LogP contribution in [0.1, 0.15) is 15.9 Å². The lowest BCUT2D eigenvalue weighted by Crippen LogP contribution is -2.22. The van der Waals surface area contributed by atoms with Crippen molar-refractivity contribution in [3.05, 3.63) is 59.7 Å². The molecule has 4 rings (SSSR count). The summed E-state index contributed by atoms with van der Waals surface area (Å²) < 4.78 is 28.4. The van der Waals surface area contributed by atoms with E-state index in [1.807, 2.05) is 36.4 Å². The summed E-state index contributed by atoms with van der Waals surface area (Å²) in [4.78, 5) is 16.8. The molecule has 1 fully saturated rings. The van der Waals surface area contributed by atoms with Crippen LogP contribution in [0.5, 0.6) is 5.75 Å². The Balaban J connectivity index is 1.31. The van der Waals surface area contributed by atoms with E-state index in [9.17, 15) is 13.2 Å². The van der Waals surface area contributed by atoms with E-state index in [0.717, 1.165) is 22.2 Å². The molecular formula is C20H21N3O4S2. The lowest BCUT2D eigenvalue weighted by atomic mass is 10.1. The topological polar surface area (TPSA) is 96.9 Å². The van der Waals surface area contributed by atoms with Gasteiger partial charge in [0.1, 0.15) is 5.75 Å². The van der Waals surface area contributed by atoms with Crippen molar-refractivity contribution in [3.8, 4) is 5.75 Å². The normalized spacial score (nSPS) is 21.9. The monoisotopic (exact) mass is 431 g/mol. The van der Waals surface area contributed by atoms with Crippen LogP contribution in [-0.2, 0) is 16.4 Å². The fraction of sp³-hybridized carbons (Fsp3) is 0.300. The van der Waals surface area contributed by atoms with Crippen LogP contribution in [0.4, 0.5) is 5.69 Å². The van der Waals surface area contributed by atoms with Crippen LogP contribution >= 0.6 is 11.8 Å². The maximum Gasteiger partial charge on any atom is 0.251 e. The van der Waals surface area contributed by atoms with Crippen LogP contribution < -0.4 is 15.4 Å². The zero-order chi connectivity index (χ0) is 20.4. The first-order valence-electron chi connectivity index (χ1n) is 9.15. The maximum absolute atomic E-state index is 12.3. The van der Waals surface area contributed by atoms with Gasteiger partial charge in [-0.05, 0) is 42.0 Å². The average molecular weight is 432 g/mol. The van der Waals surface area contributed by atoms with Crippen molar-refractivity contribution in [2.24, 2.45) is 4.99 Å². The van der Waals surface area contributed by atoms with Gasteiger partial charge >= 0.3 is 0 Å². The van der Waals surface area contributed by atoms with E-state index in [1.54, 1.807) is 19.2 Å². The van der Waals surface area contributed by atoms with E-state index < -0.39 is 9.84 Å². The first-order valence-corrected chi connectivity index (χ1v) is 11.8. The highest BCUT2D eigenvalue weighted by Crippen LogP contribution is 2.34. The van der Waals surface area contributed by atoms with Crippen molar-refractivity contribution in [1.82, 2.24) is 5.32 Å². The molecule has 0 aromatic heterocycles. The Kier molecular flexibility index (Phi) is 5.51. The van der Waals surface area contributed by atoms with E-state index >= 15 is 0 Å². The van der Waals surface area contributed by atoms with Gasteiger partial charge in [-0.1, -0.05) is 23.9 Å². The Morgan fingerprint density at radius 2 is 1.86 bits per heavy atom. The number of hydrogen-bond acceptors (Lipinski definition) is 7. The summed E-state index contributed by atoms with van der Waals surface area (Å²) in [6.07, 6.45) is 0. The predicted octanol–water partition coefficient (Wildman–Crippen LogP) is 2.31. The van der Waals surface area contributed by atoms with Crippen LogP contribution in [0.15, 0.2) is 53.5 Å². The molecule has 2 aromatic carbocycles. The first-order chi connectivity index (χ1) is 13.9. The quantitative estimate of drug-likeness (QED) is 0.754. The zero-order valence-corrected chi connectivity index (χ0v) is 17.4. The third-order valence-corrected chi connectivity index (χ3v) is 7.97. The third kappa shape index (κ3) is 4.73. The molecule has 2 aliphatic heterocycles. The summed E-state index contributed by atoms with van der Waals surface area (Å²) in [5.74, 6) is 0.936. The second-order valence-corrected chi connectivity index (χ2v) is 10.3. The number of amidine groups is 1. The molecular weight excluding hydrogens is 410 g/mol. The Morgan fingerprint density at radius 1 is 1.14 bits per heavy atom. The standard InChI is InChI=1S/C20H21N3O4S2/c1-27-16-8-2-13(3-9-16)10-21-19(24)14-4-6-15(7-5-14)22-20-23-17-11-29(25,26)12-18(17)28-20/h2-9,17-18H,10-12H2,1H3,(H,21,24)(H,22,23)/t17-,18-/m0/s1. The zero-order valence-electron chi connectivity index (χ0n) is 15.8. The molecule has 1 amide bonds. The molecule has 1 saturated heterocycles. The number of thioether (sulfide) groups is 1. The Bertz CT molecular complexity index is 1030. The molecule has 0 bridgehead atoms. The summed E-state index contributed by atoms with van der Waals surface area (Å²) in [6.45, 7) is 0.432. The number of ether oxygens (including phenoxy) is 1. The van der Waals surface area contributed by atoms with E-state index in [-0.39, 0.29) is 28.7 Å². The van der Waals surface area contributed by atoms with Gasteiger partial charge in [0.05, 0.1) is 24.7 Å². The molecule has 0 spiro atoms. The molecule has 2 N–H and O–H groups in total. The van der Waals surface area contributed by atoms with E-state index in [2.05, 4.69) is 15.6 Å². The highest BCUT2D eigenvalue weighted by molar-refractivity contribution is 8.15. The highest BCUT2D eigenvalue weighted by Gasteiger charge is 2.42. The molecule has 2 heterocycles. The fourth-order valence-corrected chi connectivity index (χ4v) is 6.95. The summed E-state index contributed by atoms with van der Waals surface area (Å²) in [5, 5.41) is 6.83.